The number of benzene rings is 1. The molecular formula is C13H20N2O2S. The molecule has 100 valence electrons. The Morgan fingerprint density at radius 3 is 2.89 bits per heavy atom. The molecule has 1 aromatic carbocycles. The minimum absolute atomic E-state index is 0.143. The summed E-state index contributed by atoms with van der Waals surface area (Å²) in [6.45, 7) is 0.677. The van der Waals surface area contributed by atoms with E-state index in [0.29, 0.717) is 23.5 Å². The van der Waals surface area contributed by atoms with Gasteiger partial charge in [-0.3, -0.25) is 4.79 Å². The van der Waals surface area contributed by atoms with Crippen LogP contribution in [-0.2, 0) is 0 Å². The minimum Gasteiger partial charge on any atom is -0.495 e. The van der Waals surface area contributed by atoms with Crippen molar-refractivity contribution in [1.82, 2.24) is 5.32 Å². The van der Waals surface area contributed by atoms with Gasteiger partial charge in [0.2, 0.25) is 0 Å². The number of ether oxygens (including phenoxy) is 1. The van der Waals surface area contributed by atoms with Gasteiger partial charge in [0.15, 0.2) is 0 Å². The third kappa shape index (κ3) is 4.14. The van der Waals surface area contributed by atoms with Crippen LogP contribution in [0.5, 0.6) is 5.75 Å². The predicted molar refractivity (Wildman–Crippen MR) is 77.4 cm³/mol. The van der Waals surface area contributed by atoms with Gasteiger partial charge in [-0.1, -0.05) is 6.07 Å². The number of anilines is 1. The Labute approximate surface area is 112 Å². The number of nitrogen functional groups attached to an aromatic ring is 1. The van der Waals surface area contributed by atoms with Crippen LogP contribution in [0.25, 0.3) is 0 Å². The maximum Gasteiger partial charge on any atom is 0.253 e. The summed E-state index contributed by atoms with van der Waals surface area (Å²) in [7, 11) is 1.54. The molecule has 0 aliphatic carbocycles. The first-order valence-corrected chi connectivity index (χ1v) is 7.29. The quantitative estimate of drug-likeness (QED) is 0.587. The standard InChI is InChI=1S/C13H20N2O2S/c1-17-11-7-5-6-10(12(11)14)13(16)15-8-3-4-9-18-2/h5-7H,3-4,8-9,14H2,1-2H3,(H,15,16). The van der Waals surface area contributed by atoms with E-state index in [9.17, 15) is 4.79 Å². The summed E-state index contributed by atoms with van der Waals surface area (Å²) in [6.07, 6.45) is 4.17. The maximum absolute atomic E-state index is 11.9. The molecule has 0 unspecified atom stereocenters. The summed E-state index contributed by atoms with van der Waals surface area (Å²) < 4.78 is 5.09. The number of unbranched alkanes of at least 4 members (excludes halogenated alkanes) is 1. The maximum atomic E-state index is 11.9. The lowest BCUT2D eigenvalue weighted by Crippen LogP contribution is -2.25. The van der Waals surface area contributed by atoms with Gasteiger partial charge in [-0.15, -0.1) is 0 Å². The molecule has 0 heterocycles. The SMILES string of the molecule is COc1cccc(C(=O)NCCCCSC)c1N. The van der Waals surface area contributed by atoms with Crippen molar-refractivity contribution < 1.29 is 9.53 Å². The molecule has 0 saturated heterocycles. The van der Waals surface area contributed by atoms with Crippen LogP contribution in [-0.4, -0.2) is 31.6 Å². The van der Waals surface area contributed by atoms with Crippen LogP contribution in [0, 0.1) is 0 Å². The fourth-order valence-electron chi connectivity index (χ4n) is 1.59. The number of carbonyl (C=O) groups excluding carboxylic acids is 1. The van der Waals surface area contributed by atoms with Gasteiger partial charge in [-0.2, -0.15) is 11.8 Å². The lowest BCUT2D eigenvalue weighted by Gasteiger charge is -2.10. The van der Waals surface area contributed by atoms with Gasteiger partial charge < -0.3 is 15.8 Å². The van der Waals surface area contributed by atoms with Crippen LogP contribution in [0.4, 0.5) is 5.69 Å². The average Bonchev–Trinajstić information content (AvgIpc) is 2.38. The van der Waals surface area contributed by atoms with Crippen LogP contribution in [0.15, 0.2) is 18.2 Å². The van der Waals surface area contributed by atoms with Crippen LogP contribution >= 0.6 is 11.8 Å². The summed E-state index contributed by atoms with van der Waals surface area (Å²) in [5.41, 5.74) is 6.72. The number of nitrogens with two attached hydrogens (primary N) is 1. The molecule has 0 aliphatic rings. The minimum atomic E-state index is -0.143. The van der Waals surface area contributed by atoms with E-state index < -0.39 is 0 Å². The monoisotopic (exact) mass is 268 g/mol. The fourth-order valence-corrected chi connectivity index (χ4v) is 2.08. The zero-order valence-corrected chi connectivity index (χ0v) is 11.7. The van der Waals surface area contributed by atoms with Crippen molar-refractivity contribution >= 4 is 23.4 Å². The molecule has 0 aromatic heterocycles. The highest BCUT2D eigenvalue weighted by atomic mass is 32.2. The molecule has 5 heteroatoms. The molecule has 1 rings (SSSR count). The highest BCUT2D eigenvalue weighted by molar-refractivity contribution is 7.98. The molecular weight excluding hydrogens is 248 g/mol. The second-order valence-corrected chi connectivity index (χ2v) is 4.86. The highest BCUT2D eigenvalue weighted by Gasteiger charge is 2.11. The second kappa shape index (κ2) is 7.87. The largest absolute Gasteiger partial charge is 0.495 e. The normalized spacial score (nSPS) is 10.1. The summed E-state index contributed by atoms with van der Waals surface area (Å²) in [5.74, 6) is 1.51. The first-order chi connectivity index (χ1) is 8.70. The van der Waals surface area contributed by atoms with Crippen LogP contribution in [0.1, 0.15) is 23.2 Å². The van der Waals surface area contributed by atoms with Crippen molar-refractivity contribution in [3.05, 3.63) is 23.8 Å². The van der Waals surface area contributed by atoms with Crippen molar-refractivity contribution in [2.24, 2.45) is 0 Å². The van der Waals surface area contributed by atoms with Gasteiger partial charge in [-0.25, -0.2) is 0 Å². The molecule has 0 bridgehead atoms. The molecule has 1 amide bonds. The number of amides is 1. The summed E-state index contributed by atoms with van der Waals surface area (Å²) >= 11 is 1.81. The Kier molecular flexibility index (Phi) is 6.43. The van der Waals surface area contributed by atoms with Crippen molar-refractivity contribution in [2.45, 2.75) is 12.8 Å². The Morgan fingerprint density at radius 1 is 1.44 bits per heavy atom. The van der Waals surface area contributed by atoms with Crippen molar-refractivity contribution in [1.29, 1.82) is 0 Å². The smallest absolute Gasteiger partial charge is 0.253 e. The van der Waals surface area contributed by atoms with Gasteiger partial charge in [0, 0.05) is 6.54 Å². The van der Waals surface area contributed by atoms with Gasteiger partial charge in [0.05, 0.1) is 18.4 Å². The van der Waals surface area contributed by atoms with E-state index in [0.717, 1.165) is 18.6 Å². The van der Waals surface area contributed by atoms with Crippen LogP contribution in [0.2, 0.25) is 0 Å². The van der Waals surface area contributed by atoms with Gasteiger partial charge in [0.1, 0.15) is 5.75 Å². The Balaban J connectivity index is 2.51. The van der Waals surface area contributed by atoms with E-state index in [2.05, 4.69) is 11.6 Å². The van der Waals surface area contributed by atoms with Crippen LogP contribution < -0.4 is 15.8 Å². The molecule has 0 fully saturated rings. The van der Waals surface area contributed by atoms with Crippen molar-refractivity contribution in [3.8, 4) is 5.75 Å². The number of para-hydroxylation sites is 1. The number of carbonyl (C=O) groups is 1. The van der Waals surface area contributed by atoms with Crippen LogP contribution in [0.3, 0.4) is 0 Å². The van der Waals surface area contributed by atoms with Gasteiger partial charge in [0.25, 0.3) is 5.91 Å². The van der Waals surface area contributed by atoms with E-state index >= 15 is 0 Å². The molecule has 1 aromatic rings. The first kappa shape index (κ1) is 14.7. The Morgan fingerprint density at radius 2 is 2.22 bits per heavy atom. The third-order valence-corrected chi connectivity index (χ3v) is 3.29. The Bertz CT molecular complexity index is 397. The fraction of sp³-hybridized carbons (Fsp3) is 0.462. The zero-order valence-electron chi connectivity index (χ0n) is 10.9. The number of nitrogens with one attached hydrogen (secondary N) is 1. The molecule has 0 radical (unpaired) electrons. The van der Waals surface area contributed by atoms with Crippen molar-refractivity contribution in [2.75, 3.05) is 31.4 Å². The molecule has 18 heavy (non-hydrogen) atoms. The molecule has 0 saturated carbocycles. The lowest BCUT2D eigenvalue weighted by atomic mass is 10.1. The number of hydrogen-bond donors (Lipinski definition) is 2. The topological polar surface area (TPSA) is 64.3 Å². The molecule has 0 atom stereocenters. The van der Waals surface area contributed by atoms with E-state index in [-0.39, 0.29) is 5.91 Å². The Hall–Kier alpha value is -1.36. The predicted octanol–water partition coefficient (Wildman–Crippen LogP) is 2.15. The van der Waals surface area contributed by atoms with E-state index in [4.69, 9.17) is 10.5 Å². The number of methoxy groups -OCH3 is 1. The molecule has 4 nitrogen and oxygen atoms in total. The van der Waals surface area contributed by atoms with E-state index in [1.807, 2.05) is 11.8 Å². The number of rotatable bonds is 7. The highest BCUT2D eigenvalue weighted by Crippen LogP contribution is 2.24. The molecule has 0 spiro atoms. The van der Waals surface area contributed by atoms with Gasteiger partial charge in [-0.05, 0) is 37.0 Å². The summed E-state index contributed by atoms with van der Waals surface area (Å²) in [4.78, 5) is 11.9. The lowest BCUT2D eigenvalue weighted by molar-refractivity contribution is 0.0954. The number of hydrogen-bond acceptors (Lipinski definition) is 4. The van der Waals surface area contributed by atoms with E-state index in [1.54, 1.807) is 18.2 Å². The number of thioether (sulfide) groups is 1. The third-order valence-electron chi connectivity index (χ3n) is 2.59. The summed E-state index contributed by atoms with van der Waals surface area (Å²) in [5, 5.41) is 2.87. The van der Waals surface area contributed by atoms with Crippen molar-refractivity contribution in [3.63, 3.8) is 0 Å². The first-order valence-electron chi connectivity index (χ1n) is 5.90. The van der Waals surface area contributed by atoms with E-state index in [1.165, 1.54) is 7.11 Å². The molecule has 3 N–H and O–H groups in total. The van der Waals surface area contributed by atoms with Gasteiger partial charge >= 0.3 is 0 Å². The zero-order chi connectivity index (χ0) is 13.4. The second-order valence-electron chi connectivity index (χ2n) is 3.88. The average molecular weight is 268 g/mol. The molecule has 0 aliphatic heterocycles. The summed E-state index contributed by atoms with van der Waals surface area (Å²) in [6, 6.07) is 5.21.